The summed E-state index contributed by atoms with van der Waals surface area (Å²) in [6, 6.07) is 6.25. The SMILES string of the molecule is Cc1c(F)ccc(NSc2cccnc2)c1F. The lowest BCUT2D eigenvalue weighted by Gasteiger charge is -2.08. The normalized spacial score (nSPS) is 10.3. The molecule has 2 rings (SSSR count). The highest BCUT2D eigenvalue weighted by molar-refractivity contribution is 8.00. The summed E-state index contributed by atoms with van der Waals surface area (Å²) in [6.07, 6.45) is 3.32. The Morgan fingerprint density at radius 2 is 2.06 bits per heavy atom. The van der Waals surface area contributed by atoms with Crippen LogP contribution in [0.3, 0.4) is 0 Å². The fraction of sp³-hybridized carbons (Fsp3) is 0.0833. The van der Waals surface area contributed by atoms with Crippen molar-refractivity contribution in [2.45, 2.75) is 11.8 Å². The van der Waals surface area contributed by atoms with Gasteiger partial charge in [0.1, 0.15) is 5.82 Å². The summed E-state index contributed by atoms with van der Waals surface area (Å²) in [5, 5.41) is 0. The molecule has 0 amide bonds. The standard InChI is InChI=1S/C12H10F2N2S/c1-8-10(13)4-5-11(12(8)14)16-17-9-3-2-6-15-7-9/h2-7,16H,1H3. The Labute approximate surface area is 102 Å². The van der Waals surface area contributed by atoms with Crippen molar-refractivity contribution in [2.75, 3.05) is 4.72 Å². The molecule has 0 fully saturated rings. The number of aromatic nitrogens is 1. The van der Waals surface area contributed by atoms with Crippen molar-refractivity contribution >= 4 is 17.6 Å². The Balaban J connectivity index is 2.13. The third-order valence-electron chi connectivity index (χ3n) is 2.23. The molecule has 17 heavy (non-hydrogen) atoms. The molecule has 0 bridgehead atoms. The summed E-state index contributed by atoms with van der Waals surface area (Å²) in [5.74, 6) is -1.11. The molecule has 0 aliphatic heterocycles. The molecule has 0 radical (unpaired) electrons. The first kappa shape index (κ1) is 11.9. The van der Waals surface area contributed by atoms with Crippen LogP contribution in [0, 0.1) is 18.6 Å². The van der Waals surface area contributed by atoms with Gasteiger partial charge < -0.3 is 4.72 Å². The largest absolute Gasteiger partial charge is 0.323 e. The van der Waals surface area contributed by atoms with Gasteiger partial charge in [-0.3, -0.25) is 4.98 Å². The molecule has 0 atom stereocenters. The first-order valence-electron chi connectivity index (χ1n) is 4.96. The highest BCUT2D eigenvalue weighted by atomic mass is 32.2. The third-order valence-corrected chi connectivity index (χ3v) is 3.03. The number of pyridine rings is 1. The van der Waals surface area contributed by atoms with Gasteiger partial charge >= 0.3 is 0 Å². The van der Waals surface area contributed by atoms with Crippen molar-refractivity contribution in [3.05, 3.63) is 53.9 Å². The first-order valence-corrected chi connectivity index (χ1v) is 5.77. The average molecular weight is 252 g/mol. The number of nitrogens with zero attached hydrogens (tertiary/aromatic N) is 1. The van der Waals surface area contributed by atoms with Crippen LogP contribution in [0.2, 0.25) is 0 Å². The van der Waals surface area contributed by atoms with E-state index in [2.05, 4.69) is 9.71 Å². The van der Waals surface area contributed by atoms with Crippen LogP contribution in [0.5, 0.6) is 0 Å². The van der Waals surface area contributed by atoms with Crippen molar-refractivity contribution in [1.29, 1.82) is 0 Å². The predicted molar refractivity (Wildman–Crippen MR) is 64.8 cm³/mol. The zero-order valence-corrected chi connectivity index (χ0v) is 9.89. The van der Waals surface area contributed by atoms with E-state index in [1.165, 1.54) is 31.0 Å². The molecule has 1 aromatic carbocycles. The van der Waals surface area contributed by atoms with Crippen LogP contribution in [0.25, 0.3) is 0 Å². The lowest BCUT2D eigenvalue weighted by molar-refractivity contribution is 0.571. The zero-order valence-electron chi connectivity index (χ0n) is 9.08. The van der Waals surface area contributed by atoms with E-state index in [4.69, 9.17) is 0 Å². The monoisotopic (exact) mass is 252 g/mol. The lowest BCUT2D eigenvalue weighted by atomic mass is 10.2. The number of nitrogens with one attached hydrogen (secondary N) is 1. The van der Waals surface area contributed by atoms with Gasteiger partial charge in [-0.15, -0.1) is 0 Å². The smallest absolute Gasteiger partial charge is 0.152 e. The van der Waals surface area contributed by atoms with Crippen molar-refractivity contribution in [3.63, 3.8) is 0 Å². The minimum absolute atomic E-state index is 0.0155. The fourth-order valence-electron chi connectivity index (χ4n) is 1.26. The molecule has 1 aromatic heterocycles. The topological polar surface area (TPSA) is 24.9 Å². The van der Waals surface area contributed by atoms with E-state index < -0.39 is 11.6 Å². The number of hydrogen-bond donors (Lipinski definition) is 1. The van der Waals surface area contributed by atoms with Crippen molar-refractivity contribution in [3.8, 4) is 0 Å². The van der Waals surface area contributed by atoms with Gasteiger partial charge in [0.2, 0.25) is 0 Å². The van der Waals surface area contributed by atoms with Crippen LogP contribution in [0.4, 0.5) is 14.5 Å². The summed E-state index contributed by atoms with van der Waals surface area (Å²) < 4.78 is 29.5. The van der Waals surface area contributed by atoms with E-state index >= 15 is 0 Å². The number of halogens is 2. The molecule has 2 nitrogen and oxygen atoms in total. The molecule has 0 saturated heterocycles. The zero-order chi connectivity index (χ0) is 12.3. The van der Waals surface area contributed by atoms with E-state index in [0.717, 1.165) is 4.90 Å². The van der Waals surface area contributed by atoms with Crippen molar-refractivity contribution in [2.24, 2.45) is 0 Å². The van der Waals surface area contributed by atoms with Gasteiger partial charge in [0.25, 0.3) is 0 Å². The highest BCUT2D eigenvalue weighted by Gasteiger charge is 2.09. The maximum atomic E-state index is 13.6. The maximum Gasteiger partial charge on any atom is 0.152 e. The molecular weight excluding hydrogens is 242 g/mol. The van der Waals surface area contributed by atoms with Crippen LogP contribution in [-0.4, -0.2) is 4.98 Å². The van der Waals surface area contributed by atoms with Crippen molar-refractivity contribution in [1.82, 2.24) is 4.98 Å². The fourth-order valence-corrected chi connectivity index (χ4v) is 1.91. The molecule has 1 N–H and O–H groups in total. The summed E-state index contributed by atoms with van der Waals surface area (Å²) >= 11 is 1.23. The van der Waals surface area contributed by atoms with E-state index in [9.17, 15) is 8.78 Å². The quantitative estimate of drug-likeness (QED) is 0.841. The van der Waals surface area contributed by atoms with Gasteiger partial charge in [0, 0.05) is 22.9 Å². The maximum absolute atomic E-state index is 13.6. The van der Waals surface area contributed by atoms with Gasteiger partial charge in [-0.05, 0) is 43.1 Å². The van der Waals surface area contributed by atoms with Crippen LogP contribution in [0.1, 0.15) is 5.56 Å². The lowest BCUT2D eigenvalue weighted by Crippen LogP contribution is -1.96. The summed E-state index contributed by atoms with van der Waals surface area (Å²) in [5.41, 5.74) is 0.277. The minimum atomic E-state index is -0.568. The van der Waals surface area contributed by atoms with E-state index in [0.29, 0.717) is 0 Å². The minimum Gasteiger partial charge on any atom is -0.323 e. The molecule has 0 aliphatic carbocycles. The van der Waals surface area contributed by atoms with Gasteiger partial charge in [-0.2, -0.15) is 0 Å². The van der Waals surface area contributed by atoms with Crippen LogP contribution >= 0.6 is 11.9 Å². The Bertz CT molecular complexity index is 517. The molecule has 2 aromatic rings. The Kier molecular flexibility index (Phi) is 3.58. The van der Waals surface area contributed by atoms with E-state index in [-0.39, 0.29) is 11.3 Å². The second kappa shape index (κ2) is 5.14. The van der Waals surface area contributed by atoms with Crippen LogP contribution in [0.15, 0.2) is 41.6 Å². The highest BCUT2D eigenvalue weighted by Crippen LogP contribution is 2.25. The predicted octanol–water partition coefficient (Wildman–Crippen LogP) is 3.79. The molecule has 1 heterocycles. The number of rotatable bonds is 3. The molecular formula is C12H10F2N2S. The average Bonchev–Trinajstić information content (AvgIpc) is 2.36. The molecule has 5 heteroatoms. The summed E-state index contributed by atoms with van der Waals surface area (Å²) in [6.45, 7) is 1.41. The summed E-state index contributed by atoms with van der Waals surface area (Å²) in [4.78, 5) is 4.79. The first-order chi connectivity index (χ1) is 8.18. The van der Waals surface area contributed by atoms with Gasteiger partial charge in [0.05, 0.1) is 5.69 Å². The molecule has 0 saturated carbocycles. The molecule has 88 valence electrons. The van der Waals surface area contributed by atoms with Gasteiger partial charge in [0.15, 0.2) is 5.82 Å². The Morgan fingerprint density at radius 3 is 2.76 bits per heavy atom. The number of benzene rings is 1. The Morgan fingerprint density at radius 1 is 1.24 bits per heavy atom. The number of anilines is 1. The van der Waals surface area contributed by atoms with Crippen LogP contribution in [-0.2, 0) is 0 Å². The third kappa shape index (κ3) is 2.74. The summed E-state index contributed by atoms with van der Waals surface area (Å²) in [7, 11) is 0. The Hall–Kier alpha value is -1.62. The second-order valence-corrected chi connectivity index (χ2v) is 4.31. The molecule has 0 spiro atoms. The van der Waals surface area contributed by atoms with Gasteiger partial charge in [-0.1, -0.05) is 0 Å². The molecule has 0 unspecified atom stereocenters. The van der Waals surface area contributed by atoms with Crippen molar-refractivity contribution < 1.29 is 8.78 Å². The second-order valence-electron chi connectivity index (χ2n) is 3.43. The molecule has 0 aliphatic rings. The van der Waals surface area contributed by atoms with E-state index in [1.54, 1.807) is 18.5 Å². The van der Waals surface area contributed by atoms with Crippen LogP contribution < -0.4 is 4.72 Å². The number of hydrogen-bond acceptors (Lipinski definition) is 3. The van der Waals surface area contributed by atoms with E-state index in [1.807, 2.05) is 6.07 Å². The van der Waals surface area contributed by atoms with Gasteiger partial charge in [-0.25, -0.2) is 8.78 Å².